The highest BCUT2D eigenvalue weighted by Crippen LogP contribution is 2.06. The molecule has 0 aliphatic heterocycles. The van der Waals surface area contributed by atoms with Crippen LogP contribution in [-0.4, -0.2) is 22.9 Å². The fourth-order valence-corrected chi connectivity index (χ4v) is 0.841. The molecule has 0 fully saturated rings. The molecule has 2 unspecified atom stereocenters. The third-order valence-electron chi connectivity index (χ3n) is 1.56. The Kier molecular flexibility index (Phi) is 5.68. The molecular formula is C10H18O2. The molecule has 0 amide bonds. The zero-order valence-corrected chi connectivity index (χ0v) is 7.83. The maximum absolute atomic E-state index is 9.36. The maximum atomic E-state index is 9.36. The van der Waals surface area contributed by atoms with Gasteiger partial charge in [-0.2, -0.15) is 0 Å². The highest BCUT2D eigenvalue weighted by molar-refractivity contribution is 5.12. The van der Waals surface area contributed by atoms with Gasteiger partial charge in [-0.25, -0.2) is 0 Å². The van der Waals surface area contributed by atoms with Crippen molar-refractivity contribution in [1.29, 1.82) is 0 Å². The standard InChI is InChI=1S/C10H18O2/c1-8(2)4-5-10(12)6-9(3)7-11/h4-5,9-12H,1,6-7H2,2-3H3/b5-4+. The minimum absolute atomic E-state index is 0.123. The van der Waals surface area contributed by atoms with Crippen molar-refractivity contribution in [2.24, 2.45) is 5.92 Å². The number of aliphatic hydroxyl groups excluding tert-OH is 2. The molecule has 0 saturated heterocycles. The van der Waals surface area contributed by atoms with Crippen molar-refractivity contribution in [2.45, 2.75) is 26.4 Å². The van der Waals surface area contributed by atoms with Crippen molar-refractivity contribution >= 4 is 0 Å². The topological polar surface area (TPSA) is 40.5 Å². The summed E-state index contributed by atoms with van der Waals surface area (Å²) < 4.78 is 0. The van der Waals surface area contributed by atoms with Crippen molar-refractivity contribution in [1.82, 2.24) is 0 Å². The van der Waals surface area contributed by atoms with E-state index in [1.807, 2.05) is 13.8 Å². The summed E-state index contributed by atoms with van der Waals surface area (Å²) in [5.41, 5.74) is 0.922. The highest BCUT2D eigenvalue weighted by Gasteiger charge is 2.05. The quantitative estimate of drug-likeness (QED) is 0.614. The van der Waals surface area contributed by atoms with E-state index in [1.54, 1.807) is 12.2 Å². The van der Waals surface area contributed by atoms with Crippen LogP contribution in [0.5, 0.6) is 0 Å². The lowest BCUT2D eigenvalue weighted by atomic mass is 10.0. The van der Waals surface area contributed by atoms with Crippen LogP contribution in [0.15, 0.2) is 24.3 Å². The number of rotatable bonds is 5. The van der Waals surface area contributed by atoms with E-state index in [0.717, 1.165) is 5.57 Å². The first-order chi connectivity index (χ1) is 5.56. The lowest BCUT2D eigenvalue weighted by Crippen LogP contribution is -2.11. The highest BCUT2D eigenvalue weighted by atomic mass is 16.3. The van der Waals surface area contributed by atoms with E-state index in [2.05, 4.69) is 6.58 Å². The van der Waals surface area contributed by atoms with E-state index in [4.69, 9.17) is 5.11 Å². The summed E-state index contributed by atoms with van der Waals surface area (Å²) in [6.45, 7) is 7.58. The summed E-state index contributed by atoms with van der Waals surface area (Å²) in [5, 5.41) is 18.1. The fourth-order valence-electron chi connectivity index (χ4n) is 0.841. The van der Waals surface area contributed by atoms with Crippen molar-refractivity contribution in [3.8, 4) is 0 Å². The van der Waals surface area contributed by atoms with E-state index in [1.165, 1.54) is 0 Å². The van der Waals surface area contributed by atoms with Gasteiger partial charge in [0.2, 0.25) is 0 Å². The van der Waals surface area contributed by atoms with Crippen LogP contribution in [0.3, 0.4) is 0 Å². The van der Waals surface area contributed by atoms with E-state index < -0.39 is 6.10 Å². The van der Waals surface area contributed by atoms with Crippen LogP contribution in [0.2, 0.25) is 0 Å². The van der Waals surface area contributed by atoms with Crippen molar-refractivity contribution < 1.29 is 10.2 Å². The molecule has 12 heavy (non-hydrogen) atoms. The maximum Gasteiger partial charge on any atom is 0.0727 e. The average molecular weight is 170 g/mol. The van der Waals surface area contributed by atoms with E-state index >= 15 is 0 Å². The molecule has 0 bridgehead atoms. The van der Waals surface area contributed by atoms with E-state index in [-0.39, 0.29) is 12.5 Å². The van der Waals surface area contributed by atoms with Crippen LogP contribution in [-0.2, 0) is 0 Å². The van der Waals surface area contributed by atoms with Crippen molar-refractivity contribution in [2.75, 3.05) is 6.61 Å². The first kappa shape index (κ1) is 11.4. The summed E-state index contributed by atoms with van der Waals surface area (Å²) >= 11 is 0. The van der Waals surface area contributed by atoms with Gasteiger partial charge < -0.3 is 10.2 Å². The van der Waals surface area contributed by atoms with Crippen LogP contribution in [0.4, 0.5) is 0 Å². The van der Waals surface area contributed by atoms with Gasteiger partial charge in [-0.05, 0) is 19.3 Å². The zero-order chi connectivity index (χ0) is 9.56. The zero-order valence-electron chi connectivity index (χ0n) is 7.83. The molecule has 0 saturated carbocycles. The Morgan fingerprint density at radius 2 is 2.17 bits per heavy atom. The Labute approximate surface area is 74.2 Å². The Hall–Kier alpha value is -0.600. The fraction of sp³-hybridized carbons (Fsp3) is 0.600. The minimum Gasteiger partial charge on any atom is -0.396 e. The second-order valence-corrected chi connectivity index (χ2v) is 3.30. The van der Waals surface area contributed by atoms with Crippen LogP contribution in [0, 0.1) is 5.92 Å². The molecule has 0 aliphatic carbocycles. The van der Waals surface area contributed by atoms with E-state index in [9.17, 15) is 5.11 Å². The Morgan fingerprint density at radius 1 is 1.58 bits per heavy atom. The molecule has 0 aromatic heterocycles. The Morgan fingerprint density at radius 3 is 2.58 bits per heavy atom. The first-order valence-corrected chi connectivity index (χ1v) is 4.19. The van der Waals surface area contributed by atoms with Crippen LogP contribution in [0.25, 0.3) is 0 Å². The van der Waals surface area contributed by atoms with Gasteiger partial charge in [-0.3, -0.25) is 0 Å². The van der Waals surface area contributed by atoms with Gasteiger partial charge in [0, 0.05) is 6.61 Å². The average Bonchev–Trinajstić information content (AvgIpc) is 2.00. The predicted octanol–water partition coefficient (Wildman–Crippen LogP) is 1.50. The van der Waals surface area contributed by atoms with Gasteiger partial charge in [0.15, 0.2) is 0 Å². The summed E-state index contributed by atoms with van der Waals surface area (Å²) in [6.07, 6.45) is 3.62. The Bertz CT molecular complexity index is 161. The van der Waals surface area contributed by atoms with Crippen LogP contribution >= 0.6 is 0 Å². The summed E-state index contributed by atoms with van der Waals surface area (Å²) in [5.74, 6) is 0.148. The lowest BCUT2D eigenvalue weighted by Gasteiger charge is -2.10. The normalized spacial score (nSPS) is 16.3. The third kappa shape index (κ3) is 6.13. The molecular weight excluding hydrogens is 152 g/mol. The molecule has 0 aromatic carbocycles. The molecule has 2 N–H and O–H groups in total. The van der Waals surface area contributed by atoms with Crippen LogP contribution < -0.4 is 0 Å². The van der Waals surface area contributed by atoms with Gasteiger partial charge >= 0.3 is 0 Å². The molecule has 0 aromatic rings. The van der Waals surface area contributed by atoms with Gasteiger partial charge in [0.25, 0.3) is 0 Å². The van der Waals surface area contributed by atoms with Crippen molar-refractivity contribution in [3.63, 3.8) is 0 Å². The molecule has 0 spiro atoms. The van der Waals surface area contributed by atoms with Crippen LogP contribution in [0.1, 0.15) is 20.3 Å². The molecule has 2 atom stereocenters. The van der Waals surface area contributed by atoms with E-state index in [0.29, 0.717) is 6.42 Å². The molecule has 0 heterocycles. The van der Waals surface area contributed by atoms with Gasteiger partial charge in [0.05, 0.1) is 6.10 Å². The molecule has 0 radical (unpaired) electrons. The largest absolute Gasteiger partial charge is 0.396 e. The smallest absolute Gasteiger partial charge is 0.0727 e. The third-order valence-corrected chi connectivity index (χ3v) is 1.56. The molecule has 2 heteroatoms. The second-order valence-electron chi connectivity index (χ2n) is 3.30. The number of hydrogen-bond acceptors (Lipinski definition) is 2. The Balaban J connectivity index is 3.72. The second kappa shape index (κ2) is 5.98. The van der Waals surface area contributed by atoms with Gasteiger partial charge in [-0.1, -0.05) is 31.2 Å². The molecule has 70 valence electrons. The van der Waals surface area contributed by atoms with Gasteiger partial charge in [0.1, 0.15) is 0 Å². The monoisotopic (exact) mass is 170 g/mol. The number of aliphatic hydroxyl groups is 2. The summed E-state index contributed by atoms with van der Waals surface area (Å²) in [4.78, 5) is 0. The summed E-state index contributed by atoms with van der Waals surface area (Å²) in [7, 11) is 0. The molecule has 0 aliphatic rings. The van der Waals surface area contributed by atoms with Crippen molar-refractivity contribution in [3.05, 3.63) is 24.3 Å². The summed E-state index contributed by atoms with van der Waals surface area (Å²) in [6, 6.07) is 0. The molecule has 2 nitrogen and oxygen atoms in total. The SMILES string of the molecule is C=C(C)/C=C/C(O)CC(C)CO. The minimum atomic E-state index is -0.469. The lowest BCUT2D eigenvalue weighted by molar-refractivity contribution is 0.154. The predicted molar refractivity (Wildman–Crippen MR) is 50.8 cm³/mol. The molecule has 0 rings (SSSR count). The van der Waals surface area contributed by atoms with Gasteiger partial charge in [-0.15, -0.1) is 0 Å². The number of allylic oxidation sites excluding steroid dienone is 2. The number of hydrogen-bond donors (Lipinski definition) is 2. The first-order valence-electron chi connectivity index (χ1n) is 4.19.